The minimum absolute atomic E-state index is 0.0580. The molecule has 1 amide bonds. The Morgan fingerprint density at radius 1 is 1.38 bits per heavy atom. The van der Waals surface area contributed by atoms with Crippen LogP contribution in [0.1, 0.15) is 28.8 Å². The summed E-state index contributed by atoms with van der Waals surface area (Å²) in [6.07, 6.45) is -4.09. The first-order valence-electron chi connectivity index (χ1n) is 6.68. The van der Waals surface area contributed by atoms with Crippen molar-refractivity contribution < 1.29 is 23.1 Å². The highest BCUT2D eigenvalue weighted by molar-refractivity contribution is 5.97. The van der Waals surface area contributed by atoms with E-state index in [-0.39, 0.29) is 36.7 Å². The molecule has 1 aromatic carbocycles. The number of piperidine rings is 1. The van der Waals surface area contributed by atoms with Gasteiger partial charge in [0.2, 0.25) is 0 Å². The van der Waals surface area contributed by atoms with E-state index in [2.05, 4.69) is 10.6 Å². The third-order valence-corrected chi connectivity index (χ3v) is 3.54. The molecule has 0 radical (unpaired) electrons. The molecule has 116 valence electrons. The van der Waals surface area contributed by atoms with E-state index in [1.54, 1.807) is 19.1 Å². The molecule has 4 nitrogen and oxygen atoms in total. The average molecular weight is 302 g/mol. The minimum Gasteiger partial charge on any atom is -0.507 e. The highest BCUT2D eigenvalue weighted by Crippen LogP contribution is 2.26. The zero-order valence-electron chi connectivity index (χ0n) is 11.5. The van der Waals surface area contributed by atoms with Gasteiger partial charge in [-0.1, -0.05) is 11.6 Å². The van der Waals surface area contributed by atoms with Crippen LogP contribution in [-0.4, -0.2) is 35.8 Å². The van der Waals surface area contributed by atoms with Gasteiger partial charge < -0.3 is 15.7 Å². The van der Waals surface area contributed by atoms with Gasteiger partial charge in [-0.05, 0) is 31.9 Å². The van der Waals surface area contributed by atoms with Gasteiger partial charge in [-0.25, -0.2) is 0 Å². The van der Waals surface area contributed by atoms with Crippen LogP contribution >= 0.6 is 0 Å². The standard InChI is InChI=1S/C14H17F3N2O2/c1-8-2-4-11(20)10(6-8)13(21)19-9-3-5-12(18-7-9)14(15,16)17/h2,4,6,9,12,18,20H,3,5,7H2,1H3,(H,19,21). The Kier molecular flexibility index (Phi) is 4.41. The highest BCUT2D eigenvalue weighted by atomic mass is 19.4. The van der Waals surface area contributed by atoms with Gasteiger partial charge in [0.25, 0.3) is 5.91 Å². The van der Waals surface area contributed by atoms with Crippen molar-refractivity contribution in [3.8, 4) is 5.75 Å². The van der Waals surface area contributed by atoms with E-state index in [1.807, 2.05) is 0 Å². The molecule has 2 rings (SSSR count). The van der Waals surface area contributed by atoms with Crippen LogP contribution in [-0.2, 0) is 0 Å². The Bertz CT molecular complexity index is 523. The van der Waals surface area contributed by atoms with Crippen LogP contribution in [0.2, 0.25) is 0 Å². The molecule has 1 aromatic rings. The number of rotatable bonds is 2. The lowest BCUT2D eigenvalue weighted by atomic mass is 10.00. The normalized spacial score (nSPS) is 22.9. The number of nitrogens with one attached hydrogen (secondary N) is 2. The lowest BCUT2D eigenvalue weighted by Crippen LogP contribution is -2.54. The van der Waals surface area contributed by atoms with Crippen LogP contribution in [0.25, 0.3) is 0 Å². The maximum Gasteiger partial charge on any atom is 0.403 e. The van der Waals surface area contributed by atoms with Gasteiger partial charge in [0.05, 0.1) is 5.56 Å². The van der Waals surface area contributed by atoms with Crippen molar-refractivity contribution >= 4 is 5.91 Å². The molecular formula is C14H17F3N2O2. The predicted molar refractivity (Wildman–Crippen MR) is 71.2 cm³/mol. The summed E-state index contributed by atoms with van der Waals surface area (Å²) in [5.41, 5.74) is 0.949. The third-order valence-electron chi connectivity index (χ3n) is 3.54. The number of carbonyl (C=O) groups excluding carboxylic acids is 1. The predicted octanol–water partition coefficient (Wildman–Crippen LogP) is 2.11. The van der Waals surface area contributed by atoms with Crippen LogP contribution in [0.15, 0.2) is 18.2 Å². The molecule has 0 aliphatic carbocycles. The van der Waals surface area contributed by atoms with Crippen molar-refractivity contribution in [3.63, 3.8) is 0 Å². The van der Waals surface area contributed by atoms with Gasteiger partial charge in [0, 0.05) is 12.6 Å². The summed E-state index contributed by atoms with van der Waals surface area (Å²) in [4.78, 5) is 12.0. The maximum absolute atomic E-state index is 12.5. The fourth-order valence-electron chi connectivity index (χ4n) is 2.35. The Morgan fingerprint density at radius 2 is 2.10 bits per heavy atom. The minimum atomic E-state index is -4.26. The van der Waals surface area contributed by atoms with Gasteiger partial charge in [0.15, 0.2) is 0 Å². The zero-order valence-corrected chi connectivity index (χ0v) is 11.5. The molecule has 0 spiro atoms. The Morgan fingerprint density at radius 3 is 2.67 bits per heavy atom. The van der Waals surface area contributed by atoms with Crippen molar-refractivity contribution in [2.24, 2.45) is 0 Å². The molecule has 1 aliphatic heterocycles. The van der Waals surface area contributed by atoms with Crippen LogP contribution in [0.3, 0.4) is 0 Å². The SMILES string of the molecule is Cc1ccc(O)c(C(=O)NC2CCC(C(F)(F)F)NC2)c1. The number of carbonyl (C=O) groups is 1. The Hall–Kier alpha value is -1.76. The topological polar surface area (TPSA) is 61.4 Å². The molecule has 1 fully saturated rings. The van der Waals surface area contributed by atoms with E-state index < -0.39 is 18.1 Å². The number of halogens is 3. The second-order valence-electron chi connectivity index (χ2n) is 5.27. The molecule has 2 atom stereocenters. The second kappa shape index (κ2) is 5.93. The molecule has 0 aromatic heterocycles. The van der Waals surface area contributed by atoms with E-state index in [0.717, 1.165) is 5.56 Å². The monoisotopic (exact) mass is 302 g/mol. The first-order valence-corrected chi connectivity index (χ1v) is 6.68. The summed E-state index contributed by atoms with van der Waals surface area (Å²) in [5.74, 6) is -0.622. The molecule has 3 N–H and O–H groups in total. The lowest BCUT2D eigenvalue weighted by molar-refractivity contribution is -0.160. The van der Waals surface area contributed by atoms with Crippen molar-refractivity contribution in [1.29, 1.82) is 0 Å². The van der Waals surface area contributed by atoms with Gasteiger partial charge in [-0.3, -0.25) is 4.79 Å². The molecule has 21 heavy (non-hydrogen) atoms. The van der Waals surface area contributed by atoms with E-state index in [0.29, 0.717) is 0 Å². The van der Waals surface area contributed by atoms with Crippen LogP contribution in [0.5, 0.6) is 5.75 Å². The van der Waals surface area contributed by atoms with E-state index in [9.17, 15) is 23.1 Å². The van der Waals surface area contributed by atoms with Crippen molar-refractivity contribution in [3.05, 3.63) is 29.3 Å². The summed E-state index contributed by atoms with van der Waals surface area (Å²) >= 11 is 0. The first-order chi connectivity index (χ1) is 9.77. The number of phenols is 1. The molecule has 1 aliphatic rings. The fraction of sp³-hybridized carbons (Fsp3) is 0.500. The van der Waals surface area contributed by atoms with Crippen molar-refractivity contribution in [1.82, 2.24) is 10.6 Å². The molecule has 0 bridgehead atoms. The molecule has 1 saturated heterocycles. The lowest BCUT2D eigenvalue weighted by Gasteiger charge is -2.31. The van der Waals surface area contributed by atoms with Gasteiger partial charge in [0.1, 0.15) is 11.8 Å². The van der Waals surface area contributed by atoms with E-state index in [4.69, 9.17) is 0 Å². The summed E-state index contributed by atoms with van der Waals surface area (Å²) in [7, 11) is 0. The van der Waals surface area contributed by atoms with Gasteiger partial charge >= 0.3 is 6.18 Å². The zero-order chi connectivity index (χ0) is 15.6. The Labute approximate surface area is 120 Å². The summed E-state index contributed by atoms with van der Waals surface area (Å²) in [6.45, 7) is 1.84. The summed E-state index contributed by atoms with van der Waals surface area (Å²) < 4.78 is 37.5. The number of hydrogen-bond donors (Lipinski definition) is 3. The highest BCUT2D eigenvalue weighted by Gasteiger charge is 2.41. The largest absolute Gasteiger partial charge is 0.507 e. The first kappa shape index (κ1) is 15.6. The van der Waals surface area contributed by atoms with Crippen LogP contribution in [0.4, 0.5) is 13.2 Å². The number of amides is 1. The molecule has 1 heterocycles. The molecular weight excluding hydrogens is 285 g/mol. The van der Waals surface area contributed by atoms with Gasteiger partial charge in [-0.2, -0.15) is 13.2 Å². The van der Waals surface area contributed by atoms with Crippen LogP contribution in [0, 0.1) is 6.92 Å². The number of phenolic OH excluding ortho intramolecular Hbond substituents is 1. The molecule has 2 unspecified atom stereocenters. The van der Waals surface area contributed by atoms with Gasteiger partial charge in [-0.15, -0.1) is 0 Å². The average Bonchev–Trinajstić information content (AvgIpc) is 2.41. The fourth-order valence-corrected chi connectivity index (χ4v) is 2.35. The third kappa shape index (κ3) is 3.87. The number of aryl methyl sites for hydroxylation is 1. The maximum atomic E-state index is 12.5. The van der Waals surface area contributed by atoms with Crippen LogP contribution < -0.4 is 10.6 Å². The summed E-state index contributed by atoms with van der Waals surface area (Å²) in [5, 5.41) is 14.7. The quantitative estimate of drug-likeness (QED) is 0.784. The van der Waals surface area contributed by atoms with E-state index in [1.165, 1.54) is 6.07 Å². The number of hydrogen-bond acceptors (Lipinski definition) is 3. The molecule has 7 heteroatoms. The van der Waals surface area contributed by atoms with E-state index >= 15 is 0 Å². The number of benzene rings is 1. The second-order valence-corrected chi connectivity index (χ2v) is 5.27. The summed E-state index contributed by atoms with van der Waals surface area (Å²) in [6, 6.07) is 2.74. The van der Waals surface area contributed by atoms with Crippen molar-refractivity contribution in [2.75, 3.05) is 6.54 Å². The van der Waals surface area contributed by atoms with Crippen molar-refractivity contribution in [2.45, 2.75) is 38.0 Å². The number of alkyl halides is 3. The smallest absolute Gasteiger partial charge is 0.403 e. The number of aromatic hydroxyl groups is 1. The molecule has 0 saturated carbocycles. The Balaban J connectivity index is 1.94.